The zero-order chi connectivity index (χ0) is 14.4. The highest BCUT2D eigenvalue weighted by Gasteiger charge is 2.20. The molecule has 1 fully saturated rings. The third-order valence-electron chi connectivity index (χ3n) is 4.55. The van der Waals surface area contributed by atoms with E-state index in [4.69, 9.17) is 5.73 Å². The standard InChI is InChI=1S/C17H29N3/c1-3-20-12-9-17(10-13-20)19(2)11-5-7-15-6-4-8-16(18)14-15/h4,6,8,14,17H,3,5,7,9-13,18H2,1-2H3. The highest BCUT2D eigenvalue weighted by Crippen LogP contribution is 2.16. The van der Waals surface area contributed by atoms with Gasteiger partial charge in [-0.3, -0.25) is 0 Å². The van der Waals surface area contributed by atoms with Gasteiger partial charge in [0.05, 0.1) is 0 Å². The lowest BCUT2D eigenvalue weighted by Gasteiger charge is -2.36. The molecule has 0 radical (unpaired) electrons. The van der Waals surface area contributed by atoms with Gasteiger partial charge in [0.1, 0.15) is 0 Å². The van der Waals surface area contributed by atoms with Crippen LogP contribution in [0.2, 0.25) is 0 Å². The third-order valence-corrected chi connectivity index (χ3v) is 4.55. The molecular formula is C17H29N3. The Morgan fingerprint density at radius 2 is 2.05 bits per heavy atom. The summed E-state index contributed by atoms with van der Waals surface area (Å²) in [7, 11) is 2.28. The predicted octanol–water partition coefficient (Wildman–Crippen LogP) is 2.62. The summed E-state index contributed by atoms with van der Waals surface area (Å²) in [5.41, 5.74) is 8.06. The van der Waals surface area contributed by atoms with Crippen molar-refractivity contribution in [2.75, 3.05) is 39.0 Å². The molecule has 1 aliphatic heterocycles. The van der Waals surface area contributed by atoms with Gasteiger partial charge in [-0.05, 0) is 76.6 Å². The summed E-state index contributed by atoms with van der Waals surface area (Å²) < 4.78 is 0. The number of benzene rings is 1. The van der Waals surface area contributed by atoms with Crippen LogP contribution in [0.15, 0.2) is 24.3 Å². The minimum absolute atomic E-state index is 0.777. The zero-order valence-corrected chi connectivity index (χ0v) is 13.0. The Kier molecular flexibility index (Phi) is 5.86. The Bertz CT molecular complexity index is 397. The number of anilines is 1. The lowest BCUT2D eigenvalue weighted by molar-refractivity contribution is 0.131. The fraction of sp³-hybridized carbons (Fsp3) is 0.647. The quantitative estimate of drug-likeness (QED) is 0.810. The second-order valence-electron chi connectivity index (χ2n) is 5.99. The van der Waals surface area contributed by atoms with Gasteiger partial charge >= 0.3 is 0 Å². The average Bonchev–Trinajstić information content (AvgIpc) is 2.47. The summed E-state index contributed by atoms with van der Waals surface area (Å²) in [6, 6.07) is 9.06. The normalized spacial score (nSPS) is 17.8. The summed E-state index contributed by atoms with van der Waals surface area (Å²) in [6.45, 7) is 7.18. The van der Waals surface area contributed by atoms with Crippen molar-refractivity contribution in [3.8, 4) is 0 Å². The molecule has 0 aromatic heterocycles. The highest BCUT2D eigenvalue weighted by atomic mass is 15.2. The van der Waals surface area contributed by atoms with Crippen LogP contribution in [0.4, 0.5) is 5.69 Å². The van der Waals surface area contributed by atoms with Gasteiger partial charge in [0.15, 0.2) is 0 Å². The topological polar surface area (TPSA) is 32.5 Å². The lowest BCUT2D eigenvalue weighted by atomic mass is 10.0. The molecule has 2 rings (SSSR count). The first-order chi connectivity index (χ1) is 9.69. The van der Waals surface area contributed by atoms with E-state index in [1.165, 1.54) is 51.0 Å². The highest BCUT2D eigenvalue weighted by molar-refractivity contribution is 5.40. The number of hydrogen-bond donors (Lipinski definition) is 1. The van der Waals surface area contributed by atoms with Crippen LogP contribution in [0.1, 0.15) is 31.7 Å². The van der Waals surface area contributed by atoms with E-state index in [1.54, 1.807) is 0 Å². The van der Waals surface area contributed by atoms with Gasteiger partial charge in [0.25, 0.3) is 0 Å². The number of hydrogen-bond acceptors (Lipinski definition) is 3. The van der Waals surface area contributed by atoms with E-state index in [1.807, 2.05) is 6.07 Å². The van der Waals surface area contributed by atoms with Gasteiger partial charge in [-0.2, -0.15) is 0 Å². The Balaban J connectivity index is 1.69. The first-order valence-electron chi connectivity index (χ1n) is 7.96. The molecule has 1 saturated heterocycles. The number of rotatable bonds is 6. The molecule has 0 saturated carbocycles. The molecule has 0 aliphatic carbocycles. The first-order valence-corrected chi connectivity index (χ1v) is 7.96. The fourth-order valence-corrected chi connectivity index (χ4v) is 3.14. The maximum Gasteiger partial charge on any atom is 0.0316 e. The molecule has 1 aliphatic rings. The van der Waals surface area contributed by atoms with Gasteiger partial charge in [-0.15, -0.1) is 0 Å². The van der Waals surface area contributed by atoms with E-state index in [0.29, 0.717) is 0 Å². The molecule has 0 amide bonds. The summed E-state index contributed by atoms with van der Waals surface area (Å²) in [5.74, 6) is 0. The third kappa shape index (κ3) is 4.50. The fourth-order valence-electron chi connectivity index (χ4n) is 3.14. The summed E-state index contributed by atoms with van der Waals surface area (Å²) in [6.07, 6.45) is 4.99. The van der Waals surface area contributed by atoms with Crippen molar-refractivity contribution in [1.29, 1.82) is 0 Å². The molecule has 2 N–H and O–H groups in total. The molecule has 0 spiro atoms. The van der Waals surface area contributed by atoms with Gasteiger partial charge < -0.3 is 15.5 Å². The summed E-state index contributed by atoms with van der Waals surface area (Å²) in [5, 5.41) is 0. The molecule has 0 unspecified atom stereocenters. The van der Waals surface area contributed by atoms with Gasteiger partial charge in [0, 0.05) is 11.7 Å². The van der Waals surface area contributed by atoms with Gasteiger partial charge in [0.2, 0.25) is 0 Å². The first kappa shape index (κ1) is 15.3. The SMILES string of the molecule is CCN1CCC(N(C)CCCc2cccc(N)c2)CC1. The molecule has 0 bridgehead atoms. The van der Waals surface area contributed by atoms with Crippen LogP contribution in [0.5, 0.6) is 0 Å². The molecule has 20 heavy (non-hydrogen) atoms. The van der Waals surface area contributed by atoms with E-state index in [0.717, 1.165) is 18.2 Å². The van der Waals surface area contributed by atoms with Crippen LogP contribution >= 0.6 is 0 Å². The molecular weight excluding hydrogens is 246 g/mol. The van der Waals surface area contributed by atoms with Crippen LogP contribution < -0.4 is 5.73 Å². The largest absolute Gasteiger partial charge is 0.399 e. The number of likely N-dealkylation sites (tertiary alicyclic amines) is 1. The van der Waals surface area contributed by atoms with Crippen molar-refractivity contribution >= 4 is 5.69 Å². The molecule has 3 heteroatoms. The smallest absolute Gasteiger partial charge is 0.0316 e. The van der Waals surface area contributed by atoms with Crippen LogP contribution in [0, 0.1) is 0 Å². The van der Waals surface area contributed by atoms with E-state index in [9.17, 15) is 0 Å². The molecule has 0 atom stereocenters. The number of nitrogens with zero attached hydrogens (tertiary/aromatic N) is 2. The summed E-state index contributed by atoms with van der Waals surface area (Å²) in [4.78, 5) is 5.11. The second-order valence-corrected chi connectivity index (χ2v) is 5.99. The Labute approximate surface area is 123 Å². The van der Waals surface area contributed by atoms with E-state index >= 15 is 0 Å². The Morgan fingerprint density at radius 1 is 1.30 bits per heavy atom. The number of aryl methyl sites for hydroxylation is 1. The van der Waals surface area contributed by atoms with Gasteiger partial charge in [-0.1, -0.05) is 19.1 Å². The lowest BCUT2D eigenvalue weighted by Crippen LogP contribution is -2.43. The number of piperidine rings is 1. The van der Waals surface area contributed by atoms with E-state index in [-0.39, 0.29) is 0 Å². The van der Waals surface area contributed by atoms with Crippen molar-refractivity contribution in [2.24, 2.45) is 0 Å². The van der Waals surface area contributed by atoms with Crippen molar-refractivity contribution in [3.63, 3.8) is 0 Å². The minimum Gasteiger partial charge on any atom is -0.399 e. The monoisotopic (exact) mass is 275 g/mol. The van der Waals surface area contributed by atoms with Gasteiger partial charge in [-0.25, -0.2) is 0 Å². The van der Waals surface area contributed by atoms with Crippen molar-refractivity contribution in [1.82, 2.24) is 9.80 Å². The maximum absolute atomic E-state index is 5.82. The van der Waals surface area contributed by atoms with Crippen molar-refractivity contribution in [3.05, 3.63) is 29.8 Å². The minimum atomic E-state index is 0.777. The van der Waals surface area contributed by atoms with Crippen molar-refractivity contribution < 1.29 is 0 Å². The number of nitrogens with two attached hydrogens (primary N) is 1. The Morgan fingerprint density at radius 3 is 2.70 bits per heavy atom. The number of nitrogen functional groups attached to an aromatic ring is 1. The summed E-state index contributed by atoms with van der Waals surface area (Å²) >= 11 is 0. The molecule has 3 nitrogen and oxygen atoms in total. The average molecular weight is 275 g/mol. The Hall–Kier alpha value is -1.06. The van der Waals surface area contributed by atoms with E-state index in [2.05, 4.69) is 42.0 Å². The predicted molar refractivity (Wildman–Crippen MR) is 86.9 cm³/mol. The van der Waals surface area contributed by atoms with Crippen LogP contribution in [0.25, 0.3) is 0 Å². The van der Waals surface area contributed by atoms with Crippen LogP contribution in [-0.2, 0) is 6.42 Å². The van der Waals surface area contributed by atoms with Crippen LogP contribution in [-0.4, -0.2) is 49.1 Å². The van der Waals surface area contributed by atoms with Crippen LogP contribution in [0.3, 0.4) is 0 Å². The zero-order valence-electron chi connectivity index (χ0n) is 13.0. The van der Waals surface area contributed by atoms with Crippen molar-refractivity contribution in [2.45, 2.75) is 38.6 Å². The molecule has 1 aromatic carbocycles. The maximum atomic E-state index is 5.82. The second kappa shape index (κ2) is 7.65. The van der Waals surface area contributed by atoms with E-state index < -0.39 is 0 Å². The molecule has 1 heterocycles. The molecule has 112 valence electrons. The molecule has 1 aromatic rings.